The van der Waals surface area contributed by atoms with Gasteiger partial charge < -0.3 is 10.0 Å². The van der Waals surface area contributed by atoms with Crippen LogP contribution in [-0.4, -0.2) is 27.6 Å². The van der Waals surface area contributed by atoms with Crippen LogP contribution in [-0.2, 0) is 10.0 Å². The SMILES string of the molecule is CN(C)c1cc(O)cc(S(N)(=O)=O)c1. The second-order valence-corrected chi connectivity index (χ2v) is 4.69. The van der Waals surface area contributed by atoms with Gasteiger partial charge in [-0.25, -0.2) is 13.6 Å². The van der Waals surface area contributed by atoms with Gasteiger partial charge in [0.1, 0.15) is 5.75 Å². The van der Waals surface area contributed by atoms with Crippen molar-refractivity contribution in [2.45, 2.75) is 4.90 Å². The number of phenolic OH excluding ortho intramolecular Hbond substituents is 1. The molecule has 0 aliphatic rings. The van der Waals surface area contributed by atoms with E-state index in [0.29, 0.717) is 5.69 Å². The van der Waals surface area contributed by atoms with Crippen LogP contribution in [0, 0.1) is 0 Å². The first-order chi connectivity index (χ1) is 6.30. The predicted octanol–water partition coefficient (Wildman–Crippen LogP) is 0.106. The van der Waals surface area contributed by atoms with Crippen molar-refractivity contribution in [1.29, 1.82) is 0 Å². The topological polar surface area (TPSA) is 83.6 Å². The summed E-state index contributed by atoms with van der Waals surface area (Å²) in [4.78, 5) is 1.58. The fourth-order valence-electron chi connectivity index (χ4n) is 0.990. The van der Waals surface area contributed by atoms with Gasteiger partial charge in [0, 0.05) is 31.9 Å². The highest BCUT2D eigenvalue weighted by Gasteiger charge is 2.11. The summed E-state index contributed by atoms with van der Waals surface area (Å²) >= 11 is 0. The van der Waals surface area contributed by atoms with Crippen molar-refractivity contribution in [3.63, 3.8) is 0 Å². The predicted molar refractivity (Wildman–Crippen MR) is 53.8 cm³/mol. The van der Waals surface area contributed by atoms with E-state index in [0.717, 1.165) is 6.07 Å². The Balaban J connectivity index is 3.35. The molecule has 5 nitrogen and oxygen atoms in total. The lowest BCUT2D eigenvalue weighted by atomic mass is 10.3. The molecule has 0 amide bonds. The zero-order chi connectivity index (χ0) is 10.9. The van der Waals surface area contributed by atoms with Crippen molar-refractivity contribution < 1.29 is 13.5 Å². The summed E-state index contributed by atoms with van der Waals surface area (Å²) in [5.74, 6) is -0.125. The quantitative estimate of drug-likeness (QED) is 0.734. The lowest BCUT2D eigenvalue weighted by Gasteiger charge is -2.13. The lowest BCUT2D eigenvalue weighted by Crippen LogP contribution is -2.14. The Morgan fingerprint density at radius 3 is 2.29 bits per heavy atom. The highest BCUT2D eigenvalue weighted by atomic mass is 32.2. The van der Waals surface area contributed by atoms with E-state index in [9.17, 15) is 13.5 Å². The fourth-order valence-corrected chi connectivity index (χ4v) is 1.56. The van der Waals surface area contributed by atoms with Crippen molar-refractivity contribution in [2.75, 3.05) is 19.0 Å². The maximum atomic E-state index is 11.0. The molecule has 0 spiro atoms. The number of aromatic hydroxyl groups is 1. The third kappa shape index (κ3) is 2.36. The Morgan fingerprint density at radius 1 is 1.29 bits per heavy atom. The molecular formula is C8H12N2O3S. The minimum Gasteiger partial charge on any atom is -0.508 e. The molecule has 14 heavy (non-hydrogen) atoms. The van der Waals surface area contributed by atoms with Gasteiger partial charge in [-0.05, 0) is 6.07 Å². The monoisotopic (exact) mass is 216 g/mol. The third-order valence-electron chi connectivity index (χ3n) is 1.72. The number of nitrogens with two attached hydrogens (primary N) is 1. The van der Waals surface area contributed by atoms with E-state index < -0.39 is 10.0 Å². The summed E-state index contributed by atoms with van der Waals surface area (Å²) in [6, 6.07) is 3.96. The van der Waals surface area contributed by atoms with Crippen LogP contribution >= 0.6 is 0 Å². The van der Waals surface area contributed by atoms with E-state index >= 15 is 0 Å². The molecule has 0 aliphatic heterocycles. The lowest BCUT2D eigenvalue weighted by molar-refractivity contribution is 0.473. The molecule has 0 saturated heterocycles. The van der Waals surface area contributed by atoms with Crippen LogP contribution in [0.25, 0.3) is 0 Å². The molecular weight excluding hydrogens is 204 g/mol. The minimum atomic E-state index is -3.77. The zero-order valence-corrected chi connectivity index (χ0v) is 8.75. The number of sulfonamides is 1. The summed E-state index contributed by atoms with van der Waals surface area (Å²) in [7, 11) is -0.292. The minimum absolute atomic E-state index is 0.0961. The van der Waals surface area contributed by atoms with E-state index in [2.05, 4.69) is 0 Å². The highest BCUT2D eigenvalue weighted by molar-refractivity contribution is 7.89. The van der Waals surface area contributed by atoms with Gasteiger partial charge in [0.2, 0.25) is 10.0 Å². The number of rotatable bonds is 2. The number of hydrogen-bond acceptors (Lipinski definition) is 4. The van der Waals surface area contributed by atoms with Gasteiger partial charge in [-0.15, -0.1) is 0 Å². The molecule has 3 N–H and O–H groups in total. The normalized spacial score (nSPS) is 11.4. The molecule has 0 heterocycles. The van der Waals surface area contributed by atoms with Gasteiger partial charge in [0.25, 0.3) is 0 Å². The van der Waals surface area contributed by atoms with Crippen molar-refractivity contribution in [3.05, 3.63) is 18.2 Å². The molecule has 0 aliphatic carbocycles. The van der Waals surface area contributed by atoms with E-state index in [4.69, 9.17) is 5.14 Å². The van der Waals surface area contributed by atoms with Crippen LogP contribution in [0.4, 0.5) is 5.69 Å². The second kappa shape index (κ2) is 3.47. The van der Waals surface area contributed by atoms with Crippen LogP contribution < -0.4 is 10.0 Å². The molecule has 1 aromatic carbocycles. The Morgan fingerprint density at radius 2 is 1.86 bits per heavy atom. The van der Waals surface area contributed by atoms with Crippen LogP contribution in [0.2, 0.25) is 0 Å². The smallest absolute Gasteiger partial charge is 0.238 e. The molecule has 0 fully saturated rings. The molecule has 1 rings (SSSR count). The average molecular weight is 216 g/mol. The summed E-state index contributed by atoms with van der Waals surface area (Å²) in [6.45, 7) is 0. The molecule has 78 valence electrons. The Hall–Kier alpha value is -1.27. The standard InChI is InChI=1S/C8H12N2O3S/c1-10(2)6-3-7(11)5-8(4-6)14(9,12)13/h3-5,11H,1-2H3,(H2,9,12,13). The van der Waals surface area contributed by atoms with E-state index in [1.165, 1.54) is 12.1 Å². The number of phenols is 1. The number of hydrogen-bond donors (Lipinski definition) is 2. The van der Waals surface area contributed by atoms with Crippen LogP contribution in [0.3, 0.4) is 0 Å². The van der Waals surface area contributed by atoms with Gasteiger partial charge in [0.15, 0.2) is 0 Å². The Kier molecular flexibility index (Phi) is 2.68. The van der Waals surface area contributed by atoms with E-state index in [1.807, 2.05) is 0 Å². The summed E-state index contributed by atoms with van der Waals surface area (Å²) in [5, 5.41) is 14.2. The number of anilines is 1. The van der Waals surface area contributed by atoms with Crippen molar-refractivity contribution in [1.82, 2.24) is 0 Å². The van der Waals surface area contributed by atoms with Gasteiger partial charge >= 0.3 is 0 Å². The highest BCUT2D eigenvalue weighted by Crippen LogP contribution is 2.23. The molecule has 0 bridgehead atoms. The van der Waals surface area contributed by atoms with Crippen molar-refractivity contribution in [2.24, 2.45) is 5.14 Å². The van der Waals surface area contributed by atoms with Crippen molar-refractivity contribution >= 4 is 15.7 Å². The van der Waals surface area contributed by atoms with Crippen LogP contribution in [0.15, 0.2) is 23.1 Å². The van der Waals surface area contributed by atoms with Gasteiger partial charge in [-0.3, -0.25) is 0 Å². The maximum absolute atomic E-state index is 11.0. The zero-order valence-electron chi connectivity index (χ0n) is 7.93. The maximum Gasteiger partial charge on any atom is 0.238 e. The summed E-state index contributed by atoms with van der Waals surface area (Å²) in [5.41, 5.74) is 0.578. The van der Waals surface area contributed by atoms with Gasteiger partial charge in [0.05, 0.1) is 4.90 Å². The van der Waals surface area contributed by atoms with E-state index in [1.54, 1.807) is 19.0 Å². The summed E-state index contributed by atoms with van der Waals surface area (Å²) in [6.07, 6.45) is 0. The largest absolute Gasteiger partial charge is 0.508 e. The molecule has 1 aromatic rings. The average Bonchev–Trinajstić information content (AvgIpc) is 2.01. The first-order valence-corrected chi connectivity index (χ1v) is 5.39. The first kappa shape index (κ1) is 10.8. The first-order valence-electron chi connectivity index (χ1n) is 3.85. The number of nitrogens with zero attached hydrogens (tertiary/aromatic N) is 1. The third-order valence-corrected chi connectivity index (χ3v) is 2.61. The van der Waals surface area contributed by atoms with Crippen LogP contribution in [0.1, 0.15) is 0 Å². The molecule has 0 aromatic heterocycles. The van der Waals surface area contributed by atoms with E-state index in [-0.39, 0.29) is 10.6 Å². The molecule has 0 atom stereocenters. The number of primary sulfonamides is 1. The Bertz CT molecular complexity index is 440. The number of benzene rings is 1. The molecule has 0 saturated carbocycles. The van der Waals surface area contributed by atoms with Gasteiger partial charge in [-0.1, -0.05) is 0 Å². The van der Waals surface area contributed by atoms with Crippen LogP contribution in [0.5, 0.6) is 5.75 Å². The molecule has 0 unspecified atom stereocenters. The fraction of sp³-hybridized carbons (Fsp3) is 0.250. The van der Waals surface area contributed by atoms with Crippen molar-refractivity contribution in [3.8, 4) is 5.75 Å². The summed E-state index contributed by atoms with van der Waals surface area (Å²) < 4.78 is 22.0. The second-order valence-electron chi connectivity index (χ2n) is 3.12. The molecule has 0 radical (unpaired) electrons. The molecule has 6 heteroatoms. The van der Waals surface area contributed by atoms with Gasteiger partial charge in [-0.2, -0.15) is 0 Å². The Labute approximate surface area is 82.8 Å².